The minimum absolute atomic E-state index is 0.571. The average Bonchev–Trinajstić information content (AvgIpc) is 3.84. The minimum Gasteiger partial charge on any atom is -0.456 e. The summed E-state index contributed by atoms with van der Waals surface area (Å²) in [4.78, 5) is 16.4. The molecule has 0 amide bonds. The summed E-state index contributed by atoms with van der Waals surface area (Å²) in [6.07, 6.45) is 0. The van der Waals surface area contributed by atoms with E-state index in [1.165, 1.54) is 36.3 Å². The third-order valence-electron chi connectivity index (χ3n) is 15.8. The SMILES string of the molecule is c1ccc(-c2ccc(-c3nc(-c4cc(-c5ccccc5)cc(-c5ccccc5)c4)nc(-c4cc(-c5ccccc5)c(-n5c6ccccc6c6c7sc8c(ccc9oc%10ccccc%10c98)c7ccc65)c(-c5ccccc5)c4)n3)cc2)cc1. The largest absolute Gasteiger partial charge is 0.456 e. The van der Waals surface area contributed by atoms with Gasteiger partial charge < -0.3 is 8.98 Å². The van der Waals surface area contributed by atoms with E-state index in [0.717, 1.165) is 106 Å². The molecule has 16 aromatic rings. The van der Waals surface area contributed by atoms with Crippen LogP contribution in [0, 0.1) is 0 Å². The Labute approximate surface area is 471 Å². The first-order valence-corrected chi connectivity index (χ1v) is 28.1. The Balaban J connectivity index is 0.968. The van der Waals surface area contributed by atoms with Crippen molar-refractivity contribution in [1.29, 1.82) is 0 Å². The number of fused-ring (bicyclic) bond motifs is 11. The summed E-state index contributed by atoms with van der Waals surface area (Å²) < 4.78 is 11.4. The quantitative estimate of drug-likeness (QED) is 0.145. The topological polar surface area (TPSA) is 56.7 Å². The lowest BCUT2D eigenvalue weighted by molar-refractivity contribution is 0.669. The van der Waals surface area contributed by atoms with Crippen LogP contribution in [0.15, 0.2) is 283 Å². The Morgan fingerprint density at radius 1 is 0.272 bits per heavy atom. The molecule has 0 unspecified atom stereocenters. The maximum absolute atomic E-state index is 6.44. The van der Waals surface area contributed by atoms with Crippen molar-refractivity contribution in [2.24, 2.45) is 0 Å². The number of hydrogen-bond acceptors (Lipinski definition) is 5. The molecule has 81 heavy (non-hydrogen) atoms. The normalized spacial score (nSPS) is 11.7. The highest BCUT2D eigenvalue weighted by atomic mass is 32.1. The smallest absolute Gasteiger partial charge is 0.164 e. The van der Waals surface area contributed by atoms with Crippen molar-refractivity contribution in [3.63, 3.8) is 0 Å². The molecule has 378 valence electrons. The van der Waals surface area contributed by atoms with Crippen molar-refractivity contribution in [2.75, 3.05) is 0 Å². The predicted octanol–water partition coefficient (Wildman–Crippen LogP) is 20.6. The first-order chi connectivity index (χ1) is 40.1. The zero-order valence-electron chi connectivity index (χ0n) is 43.7. The molecule has 6 heteroatoms. The standard InChI is InChI=1S/C75H46N4OS/c1-6-20-47(21-7-1)50-34-36-53(37-35-50)73-76-74(56-43-54(48-22-8-2-9-23-48)42-55(44-56)49-24-10-3-11-25-49)78-75(77-73)57-45-62(51-26-12-4-13-27-51)70(63(46-57)52-28-14-5-15-29-52)79-64-32-18-16-30-60(64)68-65(79)40-38-58-59-39-41-67-69(72(59)81-71(58)68)61-31-17-19-33-66(61)80-67/h1-46H. The number of furan rings is 1. The van der Waals surface area contributed by atoms with E-state index in [0.29, 0.717) is 17.5 Å². The summed E-state index contributed by atoms with van der Waals surface area (Å²) >= 11 is 1.87. The van der Waals surface area contributed by atoms with E-state index < -0.39 is 0 Å². The van der Waals surface area contributed by atoms with E-state index in [4.69, 9.17) is 19.4 Å². The van der Waals surface area contributed by atoms with Gasteiger partial charge in [-0.3, -0.25) is 0 Å². The Bertz CT molecular complexity index is 4950. The second-order valence-electron chi connectivity index (χ2n) is 20.6. The second-order valence-corrected chi connectivity index (χ2v) is 21.7. The summed E-state index contributed by atoms with van der Waals surface area (Å²) in [6, 6.07) is 99.3. The van der Waals surface area contributed by atoms with Gasteiger partial charge in [-0.2, -0.15) is 0 Å². The molecule has 0 radical (unpaired) electrons. The van der Waals surface area contributed by atoms with E-state index in [9.17, 15) is 0 Å². The fourth-order valence-corrected chi connectivity index (χ4v) is 13.4. The molecule has 0 aliphatic heterocycles. The van der Waals surface area contributed by atoms with Gasteiger partial charge in [0.15, 0.2) is 17.5 Å². The molecule has 0 spiro atoms. The van der Waals surface area contributed by atoms with E-state index in [2.05, 4.69) is 271 Å². The molecular formula is C75H46N4OS. The molecule has 0 N–H and O–H groups in total. The van der Waals surface area contributed by atoms with Crippen molar-refractivity contribution in [1.82, 2.24) is 19.5 Å². The third-order valence-corrected chi connectivity index (χ3v) is 17.1. The number of aromatic nitrogens is 4. The van der Waals surface area contributed by atoms with Crippen LogP contribution in [-0.4, -0.2) is 19.5 Å². The maximum Gasteiger partial charge on any atom is 0.164 e. The molecule has 0 fully saturated rings. The van der Waals surface area contributed by atoms with E-state index in [-0.39, 0.29) is 0 Å². The summed E-state index contributed by atoms with van der Waals surface area (Å²) in [6.45, 7) is 0. The van der Waals surface area contributed by atoms with Crippen LogP contribution in [0.5, 0.6) is 0 Å². The van der Waals surface area contributed by atoms with Crippen LogP contribution in [0.4, 0.5) is 0 Å². The van der Waals surface area contributed by atoms with Gasteiger partial charge in [-0.05, 0) is 105 Å². The number of rotatable bonds is 9. The van der Waals surface area contributed by atoms with Crippen molar-refractivity contribution in [3.05, 3.63) is 279 Å². The lowest BCUT2D eigenvalue weighted by Crippen LogP contribution is -2.04. The molecule has 0 aliphatic rings. The van der Waals surface area contributed by atoms with Crippen molar-refractivity contribution in [3.8, 4) is 95.5 Å². The monoisotopic (exact) mass is 1050 g/mol. The lowest BCUT2D eigenvalue weighted by atomic mass is 9.92. The Morgan fingerprint density at radius 2 is 0.691 bits per heavy atom. The Kier molecular flexibility index (Phi) is 11.0. The minimum atomic E-state index is 0.571. The molecule has 4 aromatic heterocycles. The maximum atomic E-state index is 6.44. The van der Waals surface area contributed by atoms with Gasteiger partial charge >= 0.3 is 0 Å². The van der Waals surface area contributed by atoms with Crippen LogP contribution in [0.2, 0.25) is 0 Å². The number of hydrogen-bond donors (Lipinski definition) is 0. The number of thiophene rings is 1. The molecule has 0 saturated heterocycles. The van der Waals surface area contributed by atoms with Crippen LogP contribution in [0.25, 0.3) is 159 Å². The van der Waals surface area contributed by atoms with Gasteiger partial charge in [0, 0.05) is 69.5 Å². The molecule has 0 saturated carbocycles. The average molecular weight is 1050 g/mol. The molecule has 16 rings (SSSR count). The summed E-state index contributed by atoms with van der Waals surface area (Å²) in [5, 5.41) is 7.20. The zero-order chi connectivity index (χ0) is 53.4. The first-order valence-electron chi connectivity index (χ1n) is 27.3. The van der Waals surface area contributed by atoms with Crippen LogP contribution in [0.3, 0.4) is 0 Å². The van der Waals surface area contributed by atoms with E-state index in [1.807, 2.05) is 23.5 Å². The van der Waals surface area contributed by atoms with Crippen molar-refractivity contribution < 1.29 is 4.42 Å². The van der Waals surface area contributed by atoms with Crippen molar-refractivity contribution in [2.45, 2.75) is 0 Å². The van der Waals surface area contributed by atoms with Gasteiger partial charge in [0.2, 0.25) is 0 Å². The lowest BCUT2D eigenvalue weighted by Gasteiger charge is -2.21. The molecule has 12 aromatic carbocycles. The molecule has 4 heterocycles. The van der Waals surface area contributed by atoms with E-state index in [1.54, 1.807) is 0 Å². The van der Waals surface area contributed by atoms with Gasteiger partial charge in [0.25, 0.3) is 0 Å². The summed E-state index contributed by atoms with van der Waals surface area (Å²) in [5.74, 6) is 1.74. The van der Waals surface area contributed by atoms with Gasteiger partial charge in [0.05, 0.1) is 16.7 Å². The van der Waals surface area contributed by atoms with Crippen LogP contribution < -0.4 is 0 Å². The highest BCUT2D eigenvalue weighted by molar-refractivity contribution is 7.27. The van der Waals surface area contributed by atoms with Gasteiger partial charge in [-0.15, -0.1) is 11.3 Å². The highest BCUT2D eigenvalue weighted by Crippen LogP contribution is 2.49. The Hall–Kier alpha value is -10.5. The van der Waals surface area contributed by atoms with Crippen LogP contribution >= 0.6 is 11.3 Å². The fourth-order valence-electron chi connectivity index (χ4n) is 12.0. The highest BCUT2D eigenvalue weighted by Gasteiger charge is 2.26. The van der Waals surface area contributed by atoms with Crippen LogP contribution in [-0.2, 0) is 0 Å². The molecular weight excluding hydrogens is 1000 g/mol. The van der Waals surface area contributed by atoms with Crippen LogP contribution in [0.1, 0.15) is 0 Å². The molecule has 5 nitrogen and oxygen atoms in total. The molecule has 0 bridgehead atoms. The van der Waals surface area contributed by atoms with Gasteiger partial charge in [-0.1, -0.05) is 218 Å². The zero-order valence-corrected chi connectivity index (χ0v) is 44.5. The summed E-state index contributed by atoms with van der Waals surface area (Å²) in [7, 11) is 0. The first kappa shape index (κ1) is 46.6. The second kappa shape index (κ2) is 19.1. The predicted molar refractivity (Wildman–Crippen MR) is 338 cm³/mol. The number of para-hydroxylation sites is 2. The Morgan fingerprint density at radius 3 is 1.27 bits per heavy atom. The van der Waals surface area contributed by atoms with Gasteiger partial charge in [0.1, 0.15) is 11.2 Å². The van der Waals surface area contributed by atoms with Crippen molar-refractivity contribution >= 4 is 75.3 Å². The molecule has 0 aliphatic carbocycles. The summed E-state index contributed by atoms with van der Waals surface area (Å²) in [5.41, 5.74) is 18.7. The fraction of sp³-hybridized carbons (Fsp3) is 0. The van der Waals surface area contributed by atoms with E-state index >= 15 is 0 Å². The number of benzene rings is 12. The van der Waals surface area contributed by atoms with Gasteiger partial charge in [-0.25, -0.2) is 15.0 Å². The number of nitrogens with zero attached hydrogens (tertiary/aromatic N) is 4. The molecule has 0 atom stereocenters. The third kappa shape index (κ3) is 7.95.